The van der Waals surface area contributed by atoms with Gasteiger partial charge in [0.1, 0.15) is 0 Å². The normalized spacial score (nSPS) is 16.2. The molecule has 4 rings (SSSR count). The summed E-state index contributed by atoms with van der Waals surface area (Å²) in [6, 6.07) is 31.1. The van der Waals surface area contributed by atoms with Gasteiger partial charge in [-0.05, 0) is 23.6 Å². The highest BCUT2D eigenvalue weighted by molar-refractivity contribution is 6.01. The van der Waals surface area contributed by atoms with Crippen LogP contribution in [0.15, 0.2) is 103 Å². The van der Waals surface area contributed by atoms with Crippen molar-refractivity contribution >= 4 is 11.8 Å². The molecule has 0 unspecified atom stereocenters. The van der Waals surface area contributed by atoms with Crippen LogP contribution >= 0.6 is 0 Å². The summed E-state index contributed by atoms with van der Waals surface area (Å²) in [5, 5.41) is 0. The molecule has 0 spiro atoms. The number of carbonyl (C=O) groups excluding carboxylic acids is 2. The lowest BCUT2D eigenvalue weighted by Crippen LogP contribution is -2.52. The van der Waals surface area contributed by atoms with Gasteiger partial charge in [0.05, 0.1) is 12.1 Å². The lowest BCUT2D eigenvalue weighted by Gasteiger charge is -2.47. The Kier molecular flexibility index (Phi) is 6.62. The number of carbonyl (C=O) groups is 2. The van der Waals surface area contributed by atoms with E-state index in [9.17, 15) is 9.59 Å². The van der Waals surface area contributed by atoms with E-state index in [1.807, 2.05) is 54.6 Å². The van der Waals surface area contributed by atoms with Crippen molar-refractivity contribution in [2.75, 3.05) is 19.7 Å². The summed E-state index contributed by atoms with van der Waals surface area (Å²) in [6.45, 7) is 2.98. The Labute approximate surface area is 189 Å². The van der Waals surface area contributed by atoms with Crippen LogP contribution in [0.2, 0.25) is 0 Å². The van der Waals surface area contributed by atoms with Gasteiger partial charge >= 0.3 is 5.97 Å². The first-order valence-electron chi connectivity index (χ1n) is 11.0. The Balaban J connectivity index is 1.92. The molecule has 0 saturated carbocycles. The highest BCUT2D eigenvalue weighted by Gasteiger charge is 2.44. The smallest absolute Gasteiger partial charge is 0.331 e. The summed E-state index contributed by atoms with van der Waals surface area (Å²) in [5.74, 6) is -0.472. The fraction of sp³-hybridized carbons (Fsp3) is 0.214. The molecule has 4 nitrogen and oxygen atoms in total. The Morgan fingerprint density at radius 3 is 1.78 bits per heavy atom. The highest BCUT2D eigenvalue weighted by atomic mass is 16.5. The maximum atomic E-state index is 12.7. The van der Waals surface area contributed by atoms with Gasteiger partial charge < -0.3 is 4.74 Å². The molecule has 0 aliphatic carbocycles. The van der Waals surface area contributed by atoms with E-state index >= 15 is 0 Å². The van der Waals surface area contributed by atoms with Crippen molar-refractivity contribution in [3.05, 3.63) is 119 Å². The summed E-state index contributed by atoms with van der Waals surface area (Å²) in [7, 11) is 0. The molecule has 0 radical (unpaired) electrons. The summed E-state index contributed by atoms with van der Waals surface area (Å²) in [6.07, 6.45) is 1.71. The second kappa shape index (κ2) is 9.75. The van der Waals surface area contributed by atoms with E-state index in [0.717, 1.165) is 16.7 Å². The van der Waals surface area contributed by atoms with E-state index < -0.39 is 11.5 Å². The number of nitrogens with zero attached hydrogens (tertiary/aromatic N) is 1. The third-order valence-electron chi connectivity index (χ3n) is 5.96. The lowest BCUT2D eigenvalue weighted by atomic mass is 9.74. The van der Waals surface area contributed by atoms with Crippen LogP contribution in [-0.2, 0) is 19.9 Å². The first-order valence-corrected chi connectivity index (χ1v) is 11.0. The topological polar surface area (TPSA) is 46.6 Å². The molecular weight excluding hydrogens is 398 g/mol. The molecule has 3 aromatic rings. The number of benzene rings is 3. The minimum Gasteiger partial charge on any atom is -0.463 e. The maximum Gasteiger partial charge on any atom is 0.331 e. The predicted octanol–water partition coefficient (Wildman–Crippen LogP) is 4.74. The number of hydrogen-bond acceptors (Lipinski definition) is 4. The number of Topliss-reactive ketones (excluding diaryl/α,β-unsaturated/α-hetero) is 1. The molecule has 0 atom stereocenters. The van der Waals surface area contributed by atoms with Crippen molar-refractivity contribution in [1.29, 1.82) is 0 Å². The first kappa shape index (κ1) is 21.7. The van der Waals surface area contributed by atoms with Crippen molar-refractivity contribution in [3.63, 3.8) is 0 Å². The minimum atomic E-state index is -0.613. The van der Waals surface area contributed by atoms with Crippen molar-refractivity contribution in [2.45, 2.75) is 18.9 Å². The van der Waals surface area contributed by atoms with Crippen molar-refractivity contribution in [1.82, 2.24) is 4.90 Å². The minimum absolute atomic E-state index is 0.00242. The number of ketones is 1. The Morgan fingerprint density at radius 2 is 1.34 bits per heavy atom. The standard InChI is InChI=1S/C28H27NO3/c1-2-32-27(31)20-22-21-29(19-18-26(22)30)28(23-12-6-3-7-13-23,24-14-8-4-9-15-24)25-16-10-5-11-17-25/h3-17,20H,2,18-19,21H2,1H3/b22-20-. The van der Waals surface area contributed by atoms with Crippen LogP contribution in [0.4, 0.5) is 0 Å². The van der Waals surface area contributed by atoms with Crippen molar-refractivity contribution in [3.8, 4) is 0 Å². The highest BCUT2D eigenvalue weighted by Crippen LogP contribution is 2.43. The molecule has 0 N–H and O–H groups in total. The summed E-state index contributed by atoms with van der Waals surface area (Å²) < 4.78 is 5.08. The third kappa shape index (κ3) is 4.14. The van der Waals surface area contributed by atoms with Gasteiger partial charge in [-0.1, -0.05) is 91.0 Å². The number of piperidine rings is 1. The average Bonchev–Trinajstić information content (AvgIpc) is 2.84. The second-order valence-electron chi connectivity index (χ2n) is 7.82. The number of likely N-dealkylation sites (tertiary alicyclic amines) is 1. The average molecular weight is 426 g/mol. The number of esters is 1. The quantitative estimate of drug-likeness (QED) is 0.325. The van der Waals surface area contributed by atoms with Gasteiger partial charge in [0.25, 0.3) is 0 Å². The summed E-state index contributed by atoms with van der Waals surface area (Å²) in [5.41, 5.74) is 3.21. The zero-order valence-electron chi connectivity index (χ0n) is 18.2. The van der Waals surface area contributed by atoms with Gasteiger partial charge in [-0.3, -0.25) is 9.69 Å². The van der Waals surface area contributed by atoms with Crippen LogP contribution in [0, 0.1) is 0 Å². The molecule has 0 aromatic heterocycles. The SMILES string of the molecule is CCOC(=O)/C=C1/CN(C(c2ccccc2)(c2ccccc2)c2ccccc2)CCC1=O. The molecule has 1 aliphatic rings. The molecule has 1 heterocycles. The fourth-order valence-corrected chi connectivity index (χ4v) is 4.59. The molecule has 1 saturated heterocycles. The zero-order valence-corrected chi connectivity index (χ0v) is 18.2. The van der Waals surface area contributed by atoms with Gasteiger partial charge in [-0.2, -0.15) is 0 Å². The van der Waals surface area contributed by atoms with E-state index in [4.69, 9.17) is 4.74 Å². The molecular formula is C28H27NO3. The summed E-state index contributed by atoms with van der Waals surface area (Å²) in [4.78, 5) is 27.2. The van der Waals surface area contributed by atoms with Gasteiger partial charge in [-0.25, -0.2) is 4.79 Å². The second-order valence-corrected chi connectivity index (χ2v) is 7.82. The van der Waals surface area contributed by atoms with Crippen LogP contribution < -0.4 is 0 Å². The molecule has 162 valence electrons. The molecule has 1 aliphatic heterocycles. The largest absolute Gasteiger partial charge is 0.463 e. The molecule has 0 bridgehead atoms. The zero-order chi connectivity index (χ0) is 22.4. The van der Waals surface area contributed by atoms with E-state index in [1.54, 1.807) is 6.92 Å². The van der Waals surface area contributed by atoms with E-state index in [-0.39, 0.29) is 12.4 Å². The predicted molar refractivity (Wildman–Crippen MR) is 125 cm³/mol. The number of ether oxygens (including phenoxy) is 1. The van der Waals surface area contributed by atoms with E-state index in [1.165, 1.54) is 6.08 Å². The monoisotopic (exact) mass is 425 g/mol. The van der Waals surface area contributed by atoms with Gasteiger partial charge in [0.15, 0.2) is 5.78 Å². The van der Waals surface area contributed by atoms with Crippen molar-refractivity contribution in [2.24, 2.45) is 0 Å². The van der Waals surface area contributed by atoms with Gasteiger partial charge in [-0.15, -0.1) is 0 Å². The molecule has 3 aromatic carbocycles. The Morgan fingerprint density at radius 1 is 0.875 bits per heavy atom. The number of rotatable bonds is 6. The number of hydrogen-bond donors (Lipinski definition) is 0. The maximum absolute atomic E-state index is 12.7. The lowest BCUT2D eigenvalue weighted by molar-refractivity contribution is -0.137. The van der Waals surface area contributed by atoms with Crippen molar-refractivity contribution < 1.29 is 14.3 Å². The van der Waals surface area contributed by atoms with Gasteiger partial charge in [0.2, 0.25) is 0 Å². The Bertz CT molecular complexity index is 995. The van der Waals surface area contributed by atoms with Crippen LogP contribution in [0.3, 0.4) is 0 Å². The van der Waals surface area contributed by atoms with E-state index in [2.05, 4.69) is 41.3 Å². The van der Waals surface area contributed by atoms with Crippen LogP contribution in [0.1, 0.15) is 30.0 Å². The van der Waals surface area contributed by atoms with Crippen LogP contribution in [-0.4, -0.2) is 36.3 Å². The first-order chi connectivity index (χ1) is 15.7. The molecule has 4 heteroatoms. The van der Waals surface area contributed by atoms with E-state index in [0.29, 0.717) is 25.1 Å². The molecule has 1 fully saturated rings. The van der Waals surface area contributed by atoms with Crippen LogP contribution in [0.5, 0.6) is 0 Å². The molecule has 0 amide bonds. The van der Waals surface area contributed by atoms with Crippen LogP contribution in [0.25, 0.3) is 0 Å². The summed E-state index contributed by atoms with van der Waals surface area (Å²) >= 11 is 0. The fourth-order valence-electron chi connectivity index (χ4n) is 4.59. The molecule has 32 heavy (non-hydrogen) atoms. The third-order valence-corrected chi connectivity index (χ3v) is 5.96. The Hall–Kier alpha value is -3.50. The van der Waals surface area contributed by atoms with Gasteiger partial charge in [0, 0.05) is 31.2 Å².